The van der Waals surface area contributed by atoms with Gasteiger partial charge in [-0.25, -0.2) is 9.97 Å². The molecule has 4 rings (SSSR count). The van der Waals surface area contributed by atoms with Gasteiger partial charge in [0.1, 0.15) is 23.7 Å². The van der Waals surface area contributed by atoms with Gasteiger partial charge in [0.05, 0.1) is 12.8 Å². The van der Waals surface area contributed by atoms with Crippen LogP contribution in [0.5, 0.6) is 5.75 Å². The van der Waals surface area contributed by atoms with Gasteiger partial charge in [-0.1, -0.05) is 12.1 Å². The average Bonchev–Trinajstić information content (AvgIpc) is 3.12. The Hall–Kier alpha value is -3.52. The van der Waals surface area contributed by atoms with Crippen LogP contribution in [0.25, 0.3) is 33.7 Å². The molecule has 0 unspecified atom stereocenters. The van der Waals surface area contributed by atoms with E-state index in [1.54, 1.807) is 19.5 Å². The number of nitrogens with two attached hydrogens (primary N) is 1. The summed E-state index contributed by atoms with van der Waals surface area (Å²) in [7, 11) is 1.65. The molecule has 3 aromatic heterocycles. The maximum atomic E-state index is 5.78. The van der Waals surface area contributed by atoms with Crippen molar-refractivity contribution in [1.29, 1.82) is 0 Å². The summed E-state index contributed by atoms with van der Waals surface area (Å²) >= 11 is 0. The van der Waals surface area contributed by atoms with Crippen LogP contribution in [0.4, 0.5) is 5.95 Å². The van der Waals surface area contributed by atoms with E-state index in [0.29, 0.717) is 25.3 Å². The fourth-order valence-corrected chi connectivity index (χ4v) is 3.23. The van der Waals surface area contributed by atoms with Gasteiger partial charge in [0.2, 0.25) is 5.95 Å². The summed E-state index contributed by atoms with van der Waals surface area (Å²) in [4.78, 5) is 17.5. The molecule has 0 aliphatic rings. The van der Waals surface area contributed by atoms with Crippen molar-refractivity contribution in [3.8, 4) is 28.3 Å². The molecule has 0 bridgehead atoms. The minimum absolute atomic E-state index is 0.234. The molecule has 0 aliphatic carbocycles. The number of benzene rings is 1. The maximum Gasteiger partial charge on any atom is 0.222 e. The first kappa shape index (κ1) is 18.8. The molecular weight excluding hydrogens is 368 g/mol. The molecule has 0 atom stereocenters. The van der Waals surface area contributed by atoms with Gasteiger partial charge >= 0.3 is 0 Å². The standard InChI is InChI=1S/C21H22N6O2/c1-3-27-19(25-18-13-24-21(22)26-20(18)27)16-8-9-23-12-17(16)14-4-6-15(7-5-14)29-11-10-28-2/h4-9,12-13H,3,10-11H2,1-2H3,(H2,22,24,26). The molecule has 148 valence electrons. The number of fused-ring (bicyclic) bond motifs is 1. The van der Waals surface area contributed by atoms with Crippen LogP contribution in [0, 0.1) is 0 Å². The Balaban J connectivity index is 1.75. The highest BCUT2D eigenvalue weighted by Gasteiger charge is 2.17. The van der Waals surface area contributed by atoms with Crippen molar-refractivity contribution in [1.82, 2.24) is 24.5 Å². The molecular formula is C21H22N6O2. The van der Waals surface area contributed by atoms with E-state index >= 15 is 0 Å². The predicted molar refractivity (Wildman–Crippen MR) is 111 cm³/mol. The first-order valence-electron chi connectivity index (χ1n) is 9.36. The smallest absolute Gasteiger partial charge is 0.222 e. The van der Waals surface area contributed by atoms with Crippen LogP contribution in [0.1, 0.15) is 6.92 Å². The topological polar surface area (TPSA) is 101 Å². The lowest BCUT2D eigenvalue weighted by Crippen LogP contribution is -2.04. The number of anilines is 1. The lowest BCUT2D eigenvalue weighted by Gasteiger charge is -2.11. The Morgan fingerprint density at radius 3 is 2.59 bits per heavy atom. The molecule has 0 saturated heterocycles. The minimum Gasteiger partial charge on any atom is -0.491 e. The third-order valence-corrected chi connectivity index (χ3v) is 4.61. The Bertz CT molecular complexity index is 1120. The SMILES string of the molecule is CCn1c(-c2ccncc2-c2ccc(OCCOC)cc2)nc2cnc(N)nc21. The normalized spacial score (nSPS) is 11.1. The van der Waals surface area contributed by atoms with Crippen molar-refractivity contribution >= 4 is 17.1 Å². The van der Waals surface area contributed by atoms with Crippen LogP contribution in [-0.2, 0) is 11.3 Å². The van der Waals surface area contributed by atoms with Gasteiger partial charge in [0.15, 0.2) is 5.65 Å². The van der Waals surface area contributed by atoms with E-state index in [9.17, 15) is 0 Å². The first-order chi connectivity index (χ1) is 14.2. The summed E-state index contributed by atoms with van der Waals surface area (Å²) < 4.78 is 12.7. The van der Waals surface area contributed by atoms with Gasteiger partial charge in [0.25, 0.3) is 0 Å². The third-order valence-electron chi connectivity index (χ3n) is 4.61. The molecule has 4 aromatic rings. The van der Waals surface area contributed by atoms with E-state index in [4.69, 9.17) is 20.2 Å². The second kappa shape index (κ2) is 8.24. The number of imidazole rings is 1. The maximum absolute atomic E-state index is 5.78. The number of aryl methyl sites for hydroxylation is 1. The predicted octanol–water partition coefficient (Wildman–Crippen LogP) is 3.18. The summed E-state index contributed by atoms with van der Waals surface area (Å²) in [6.07, 6.45) is 5.26. The molecule has 3 heterocycles. The number of rotatable bonds is 7. The quantitative estimate of drug-likeness (QED) is 0.484. The largest absolute Gasteiger partial charge is 0.491 e. The Kier molecular flexibility index (Phi) is 5.35. The summed E-state index contributed by atoms with van der Waals surface area (Å²) in [6.45, 7) is 3.82. The highest BCUT2D eigenvalue weighted by Crippen LogP contribution is 2.33. The zero-order valence-corrected chi connectivity index (χ0v) is 16.4. The van der Waals surface area contributed by atoms with Crippen LogP contribution in [-0.4, -0.2) is 44.8 Å². The molecule has 8 nitrogen and oxygen atoms in total. The van der Waals surface area contributed by atoms with E-state index in [-0.39, 0.29) is 5.95 Å². The number of pyridine rings is 1. The molecule has 0 saturated carbocycles. The highest BCUT2D eigenvalue weighted by molar-refractivity contribution is 5.85. The van der Waals surface area contributed by atoms with E-state index < -0.39 is 0 Å². The van der Waals surface area contributed by atoms with Crippen molar-refractivity contribution in [2.24, 2.45) is 0 Å². The van der Waals surface area contributed by atoms with Crippen LogP contribution in [0.15, 0.2) is 48.9 Å². The van der Waals surface area contributed by atoms with Gasteiger partial charge in [-0.05, 0) is 30.7 Å². The average molecular weight is 390 g/mol. The molecule has 2 N–H and O–H groups in total. The molecule has 0 amide bonds. The van der Waals surface area contributed by atoms with Gasteiger partial charge in [-0.3, -0.25) is 4.98 Å². The number of methoxy groups -OCH3 is 1. The number of hydrogen-bond donors (Lipinski definition) is 1. The Morgan fingerprint density at radius 1 is 1.00 bits per heavy atom. The molecule has 29 heavy (non-hydrogen) atoms. The molecule has 0 aliphatic heterocycles. The number of hydrogen-bond acceptors (Lipinski definition) is 7. The fourth-order valence-electron chi connectivity index (χ4n) is 3.23. The van der Waals surface area contributed by atoms with Crippen molar-refractivity contribution in [2.75, 3.05) is 26.1 Å². The second-order valence-corrected chi connectivity index (χ2v) is 6.40. The summed E-state index contributed by atoms with van der Waals surface area (Å²) in [5, 5.41) is 0. The fraction of sp³-hybridized carbons (Fsp3) is 0.238. The Morgan fingerprint density at radius 2 is 1.83 bits per heavy atom. The van der Waals surface area contributed by atoms with Crippen molar-refractivity contribution < 1.29 is 9.47 Å². The number of aromatic nitrogens is 5. The van der Waals surface area contributed by atoms with Crippen molar-refractivity contribution in [3.63, 3.8) is 0 Å². The van der Waals surface area contributed by atoms with E-state index in [1.807, 2.05) is 41.1 Å². The van der Waals surface area contributed by atoms with Crippen molar-refractivity contribution in [3.05, 3.63) is 48.9 Å². The zero-order chi connectivity index (χ0) is 20.2. The van der Waals surface area contributed by atoms with Gasteiger partial charge in [-0.2, -0.15) is 4.98 Å². The van der Waals surface area contributed by atoms with Crippen LogP contribution >= 0.6 is 0 Å². The molecule has 0 fully saturated rings. The lowest BCUT2D eigenvalue weighted by molar-refractivity contribution is 0.146. The van der Waals surface area contributed by atoms with E-state index in [0.717, 1.165) is 33.9 Å². The Labute approximate surface area is 168 Å². The van der Waals surface area contributed by atoms with Gasteiger partial charge < -0.3 is 19.8 Å². The molecule has 0 radical (unpaired) electrons. The van der Waals surface area contributed by atoms with E-state index in [1.165, 1.54) is 0 Å². The summed E-state index contributed by atoms with van der Waals surface area (Å²) in [6, 6.07) is 9.87. The zero-order valence-electron chi connectivity index (χ0n) is 16.4. The highest BCUT2D eigenvalue weighted by atomic mass is 16.5. The summed E-state index contributed by atoms with van der Waals surface area (Å²) in [5.74, 6) is 1.83. The van der Waals surface area contributed by atoms with E-state index in [2.05, 4.69) is 21.9 Å². The number of nitrogens with zero attached hydrogens (tertiary/aromatic N) is 5. The minimum atomic E-state index is 0.234. The second-order valence-electron chi connectivity index (χ2n) is 6.40. The molecule has 0 spiro atoms. The van der Waals surface area contributed by atoms with Crippen LogP contribution in [0.3, 0.4) is 0 Å². The van der Waals surface area contributed by atoms with Crippen LogP contribution in [0.2, 0.25) is 0 Å². The first-order valence-corrected chi connectivity index (χ1v) is 9.36. The summed E-state index contributed by atoms with van der Waals surface area (Å²) in [5.41, 5.74) is 10.2. The molecule has 1 aromatic carbocycles. The number of ether oxygens (including phenoxy) is 2. The monoisotopic (exact) mass is 390 g/mol. The number of nitrogen functional groups attached to an aromatic ring is 1. The lowest BCUT2D eigenvalue weighted by atomic mass is 10.0. The van der Waals surface area contributed by atoms with Crippen molar-refractivity contribution in [2.45, 2.75) is 13.5 Å². The van der Waals surface area contributed by atoms with Crippen LogP contribution < -0.4 is 10.5 Å². The third kappa shape index (κ3) is 3.74. The van der Waals surface area contributed by atoms with Gasteiger partial charge in [-0.15, -0.1) is 0 Å². The molecule has 8 heteroatoms. The van der Waals surface area contributed by atoms with Gasteiger partial charge in [0, 0.05) is 37.2 Å².